The molecule has 8 aromatic rings. The van der Waals surface area contributed by atoms with Crippen LogP contribution in [0.3, 0.4) is 0 Å². The van der Waals surface area contributed by atoms with Gasteiger partial charge in [0.05, 0.1) is 35.3 Å². The van der Waals surface area contributed by atoms with E-state index in [2.05, 4.69) is 53.2 Å². The van der Waals surface area contributed by atoms with E-state index in [0.717, 1.165) is 50.7 Å². The molecule has 26 heteroatoms. The van der Waals surface area contributed by atoms with Crippen LogP contribution in [0, 0.1) is 11.8 Å². The smallest absolute Gasteiger partial charge is 0.407 e. The summed E-state index contributed by atoms with van der Waals surface area (Å²) in [5.74, 6) is -9.09. The van der Waals surface area contributed by atoms with Crippen LogP contribution < -0.4 is 53.2 Å². The Balaban J connectivity index is 0.999. The van der Waals surface area contributed by atoms with Crippen LogP contribution in [0.25, 0.3) is 11.1 Å². The summed E-state index contributed by atoms with van der Waals surface area (Å²) in [5, 5.41) is 27.9. The molecule has 0 radical (unpaired) electrons. The maximum Gasteiger partial charge on any atom is 0.407 e. The monoisotopic (exact) mass is 1670 g/mol. The molecule has 120 heavy (non-hydrogen) atoms. The summed E-state index contributed by atoms with van der Waals surface area (Å²) in [6.07, 6.45) is -2.62. The quantitative estimate of drug-likeness (QED) is 0.00741. The van der Waals surface area contributed by atoms with E-state index >= 15 is 24.0 Å². The predicted molar refractivity (Wildman–Crippen MR) is 467 cm³/mol. The number of ether oxygens (including phenoxy) is 3. The van der Waals surface area contributed by atoms with Gasteiger partial charge >= 0.3 is 12.1 Å². The lowest BCUT2D eigenvalue weighted by molar-refractivity contribution is -0.159. The zero-order valence-electron chi connectivity index (χ0n) is 70.3. The Morgan fingerprint density at radius 2 is 0.850 bits per heavy atom. The number of esters is 1. The molecule has 10 amide bonds. The molecule has 0 spiro atoms. The lowest BCUT2D eigenvalue weighted by Crippen LogP contribution is -2.62. The number of carbonyl (C=O) groups excluding carboxylic acids is 11. The van der Waals surface area contributed by atoms with Crippen LogP contribution >= 0.6 is 23.5 Å². The van der Waals surface area contributed by atoms with E-state index in [4.69, 9.17) is 14.2 Å². The summed E-state index contributed by atoms with van der Waals surface area (Å²) in [6.45, 7) is 20.8. The molecule has 8 aromatic carbocycles. The molecular weight excluding hydrogens is 1560 g/mol. The molecule has 0 saturated carbocycles. The Kier molecular flexibility index (Phi) is 33.0. The van der Waals surface area contributed by atoms with Crippen LogP contribution in [0.1, 0.15) is 153 Å². The van der Waals surface area contributed by atoms with Crippen molar-refractivity contribution in [2.75, 3.05) is 30.5 Å². The van der Waals surface area contributed by atoms with E-state index in [9.17, 15) is 28.8 Å². The van der Waals surface area contributed by atoms with Gasteiger partial charge in [-0.2, -0.15) is 0 Å². The van der Waals surface area contributed by atoms with Gasteiger partial charge in [-0.05, 0) is 129 Å². The highest BCUT2D eigenvalue weighted by molar-refractivity contribution is 8.00. The Morgan fingerprint density at radius 3 is 1.31 bits per heavy atom. The zero-order valence-corrected chi connectivity index (χ0v) is 71.9. The van der Waals surface area contributed by atoms with Crippen molar-refractivity contribution < 1.29 is 67.0 Å². The van der Waals surface area contributed by atoms with Crippen molar-refractivity contribution in [2.45, 2.75) is 179 Å². The normalized spacial score (nSPS) is 14.1. The first-order chi connectivity index (χ1) is 57.2. The van der Waals surface area contributed by atoms with Gasteiger partial charge in [-0.15, -0.1) is 23.5 Å². The number of hydrogen-bond donors (Lipinski definition) is 10. The van der Waals surface area contributed by atoms with Gasteiger partial charge in [0.1, 0.15) is 60.0 Å². The van der Waals surface area contributed by atoms with Gasteiger partial charge in [-0.3, -0.25) is 43.2 Å². The summed E-state index contributed by atoms with van der Waals surface area (Å²) in [6, 6.07) is 62.2. The second kappa shape index (κ2) is 42.9. The van der Waals surface area contributed by atoms with Crippen LogP contribution in [-0.2, 0) is 72.4 Å². The fourth-order valence-electron chi connectivity index (χ4n) is 14.5. The van der Waals surface area contributed by atoms with E-state index in [1.807, 2.05) is 244 Å². The summed E-state index contributed by atoms with van der Waals surface area (Å²) < 4.78 is 16.9. The molecule has 0 aliphatic heterocycles. The Hall–Kier alpha value is -11.6. The fourth-order valence-corrected chi connectivity index (χ4v) is 16.9. The first-order valence-electron chi connectivity index (χ1n) is 40.4. The summed E-state index contributed by atoms with van der Waals surface area (Å²) in [7, 11) is 0. The predicted octanol–water partition coefficient (Wildman–Crippen LogP) is 11.2. The van der Waals surface area contributed by atoms with E-state index in [-0.39, 0.29) is 48.2 Å². The van der Waals surface area contributed by atoms with E-state index in [1.54, 1.807) is 62.3 Å². The van der Waals surface area contributed by atoms with Crippen LogP contribution in [-0.4, -0.2) is 155 Å². The Bertz CT molecular complexity index is 4570. The lowest BCUT2D eigenvalue weighted by Gasteiger charge is -2.37. The van der Waals surface area contributed by atoms with Crippen molar-refractivity contribution in [3.63, 3.8) is 0 Å². The fraction of sp³-hybridized carbons (Fsp3) is 0.372. The van der Waals surface area contributed by atoms with Gasteiger partial charge in [-0.25, -0.2) is 9.59 Å². The van der Waals surface area contributed by atoms with Gasteiger partial charge < -0.3 is 67.4 Å². The largest absolute Gasteiger partial charge is 0.458 e. The lowest BCUT2D eigenvalue weighted by atomic mass is 9.77. The van der Waals surface area contributed by atoms with Crippen molar-refractivity contribution in [3.8, 4) is 11.1 Å². The number of alkyl carbamates (subject to hydrolysis) is 1. The van der Waals surface area contributed by atoms with Crippen molar-refractivity contribution in [2.24, 2.45) is 11.8 Å². The van der Waals surface area contributed by atoms with Crippen LogP contribution in [0.4, 0.5) is 4.79 Å². The molecule has 8 atom stereocenters. The summed E-state index contributed by atoms with van der Waals surface area (Å²) in [5.41, 5.74) is 5.18. The van der Waals surface area contributed by atoms with Crippen molar-refractivity contribution in [3.05, 3.63) is 275 Å². The van der Waals surface area contributed by atoms with Crippen LogP contribution in [0.5, 0.6) is 0 Å². The SMILES string of the molecule is CC(=O)NCSC[C@H](NC(=O)CNC(=O)[C@@H](NC(=O)[C@H](CSC(c1ccccc1)(c1ccccc1)c1ccccc1)NC(=O)[C@H](C)NC(=O)[C@@H](NC(=O)[C@H](CC(=O)NC(c1ccccc1)(c1ccccc1)c1ccccc1)NC(=O)OCC1c2ccccc2-c2ccccc21)C(C)C)[C@@H](C)OC(C)(C)C)C(=O)N[C@@H](CC(C)C)C(=O)OC(C)(C)C. The van der Waals surface area contributed by atoms with E-state index in [1.165, 1.54) is 25.6 Å². The molecule has 1 aliphatic rings. The number of amides is 10. The van der Waals surface area contributed by atoms with Gasteiger partial charge in [-0.1, -0.05) is 258 Å². The molecule has 0 aromatic heterocycles. The summed E-state index contributed by atoms with van der Waals surface area (Å²) >= 11 is 2.43. The maximum absolute atomic E-state index is 15.7. The average Bonchev–Trinajstić information content (AvgIpc) is 1.29. The summed E-state index contributed by atoms with van der Waals surface area (Å²) in [4.78, 5) is 160. The first-order valence-corrected chi connectivity index (χ1v) is 42.5. The molecule has 0 fully saturated rings. The van der Waals surface area contributed by atoms with E-state index < -0.39 is 148 Å². The minimum atomic E-state index is -1.69. The third-order valence-electron chi connectivity index (χ3n) is 20.0. The first kappa shape index (κ1) is 92.3. The minimum absolute atomic E-state index is 0.0674. The molecule has 0 unspecified atom stereocenters. The molecule has 10 N–H and O–H groups in total. The topological polar surface area (TPSA) is 336 Å². The number of carbonyl (C=O) groups is 11. The van der Waals surface area contributed by atoms with Crippen molar-refractivity contribution in [1.29, 1.82) is 0 Å². The second-order valence-corrected chi connectivity index (χ2v) is 34.7. The highest BCUT2D eigenvalue weighted by atomic mass is 32.2. The highest BCUT2D eigenvalue weighted by Gasteiger charge is 2.44. The highest BCUT2D eigenvalue weighted by Crippen LogP contribution is 2.49. The van der Waals surface area contributed by atoms with Crippen molar-refractivity contribution in [1.82, 2.24) is 53.2 Å². The molecule has 1 aliphatic carbocycles. The number of nitrogens with one attached hydrogen (secondary N) is 10. The minimum Gasteiger partial charge on any atom is -0.458 e. The van der Waals surface area contributed by atoms with Crippen LogP contribution in [0.2, 0.25) is 0 Å². The van der Waals surface area contributed by atoms with Gasteiger partial charge in [0.15, 0.2) is 0 Å². The van der Waals surface area contributed by atoms with Gasteiger partial charge in [0.25, 0.3) is 0 Å². The molecule has 0 bridgehead atoms. The number of benzene rings is 8. The molecular formula is C94H112N10O14S2. The molecule has 24 nitrogen and oxygen atoms in total. The molecule has 0 saturated heterocycles. The number of rotatable bonds is 39. The van der Waals surface area contributed by atoms with Crippen molar-refractivity contribution >= 4 is 88.8 Å². The second-order valence-electron chi connectivity index (χ2n) is 32.5. The molecule has 0 heterocycles. The van der Waals surface area contributed by atoms with Gasteiger partial charge in [0, 0.05) is 24.3 Å². The molecule has 634 valence electrons. The van der Waals surface area contributed by atoms with Gasteiger partial charge in [0.2, 0.25) is 53.2 Å². The standard InChI is InChI=1S/C94H112N10O14S2/c1-59(2)52-76(89(114)118-92(11,12)13)99-85(110)77(56-119-58-96-63(7)105)98-80(107)54-95-87(112)82(62(6)117-91(8,9)10)103-86(111)78(57-120-94(67-42-26-17-27-43-67,68-44-28-18-29-45-68)69-46-30-19-31-47-69)100-83(108)61(5)97-88(113)81(60(3)4)102-84(109)75(101-90(115)116-55-74-72-50-34-32-48-70(72)71-49-33-35-51-73(71)74)53-79(106)104-93(64-36-20-14-21-37-64,65-38-22-15-23-39-65)66-40-24-16-25-41-66/h14-51,59-62,74-78,81-82H,52-58H2,1-13H3,(H,95,112)(H,96,105)(H,97,113)(H,98,107)(H,99,110)(H,100,108)(H,101,115)(H,102,109)(H,103,111)(H,104,106)/t61-,62+,75-,76-,77-,78-,81-,82-/m0/s1. The molecule has 9 rings (SSSR count). The number of thioether (sulfide) groups is 2. The van der Waals surface area contributed by atoms with E-state index in [0.29, 0.717) is 16.7 Å². The average molecular weight is 1670 g/mol. The van der Waals surface area contributed by atoms with Crippen LogP contribution in [0.15, 0.2) is 231 Å². The maximum atomic E-state index is 15.7. The number of fused-ring (bicyclic) bond motifs is 3. The third-order valence-corrected chi connectivity index (χ3v) is 22.6. The Morgan fingerprint density at radius 1 is 0.417 bits per heavy atom. The zero-order chi connectivity index (χ0) is 86.9. The third kappa shape index (κ3) is 25.2. The number of hydrogen-bond acceptors (Lipinski definition) is 16. The Labute approximate surface area is 711 Å².